The molecule has 0 saturated carbocycles. The Morgan fingerprint density at radius 1 is 1.30 bits per heavy atom. The molecule has 0 aromatic heterocycles. The van der Waals surface area contributed by atoms with Crippen molar-refractivity contribution in [3.8, 4) is 0 Å². The van der Waals surface area contributed by atoms with Crippen LogP contribution < -0.4 is 5.32 Å². The Hall–Kier alpha value is -1.01. The molecule has 0 saturated heterocycles. The molecule has 20 heavy (non-hydrogen) atoms. The number of benzene rings is 1. The maximum Gasteiger partial charge on any atom is 0.308 e. The summed E-state index contributed by atoms with van der Waals surface area (Å²) in [5, 5.41) is 11.7. The maximum atomic E-state index is 11.7. The first-order valence-corrected chi connectivity index (χ1v) is 8.06. The van der Waals surface area contributed by atoms with Crippen molar-refractivity contribution >= 4 is 39.6 Å². The zero-order chi connectivity index (χ0) is 15.1. The fraction of sp³-hybridized carbons (Fsp3) is 0.429. The highest BCUT2D eigenvalue weighted by atomic mass is 79.9. The van der Waals surface area contributed by atoms with E-state index in [2.05, 4.69) is 21.2 Å². The van der Waals surface area contributed by atoms with Crippen LogP contribution in [0.3, 0.4) is 0 Å². The van der Waals surface area contributed by atoms with Crippen LogP contribution in [0.5, 0.6) is 0 Å². The molecular formula is C14H18BrNO3S. The van der Waals surface area contributed by atoms with E-state index in [4.69, 9.17) is 5.11 Å². The van der Waals surface area contributed by atoms with Gasteiger partial charge in [-0.2, -0.15) is 0 Å². The third-order valence-electron chi connectivity index (χ3n) is 2.82. The van der Waals surface area contributed by atoms with Crippen molar-refractivity contribution in [2.24, 2.45) is 11.8 Å². The standard InChI is InChI=1S/C14H18BrNO3S/c1-9(2)12(14(18)19)7-16-13(17)8-20-11-5-3-10(15)4-6-11/h3-6,9,12H,7-8H2,1-2H3,(H,16,17)(H,18,19). The van der Waals surface area contributed by atoms with Gasteiger partial charge in [0.05, 0.1) is 11.7 Å². The Kier molecular flexibility index (Phi) is 7.09. The van der Waals surface area contributed by atoms with Crippen molar-refractivity contribution in [3.63, 3.8) is 0 Å². The summed E-state index contributed by atoms with van der Waals surface area (Å²) in [6.07, 6.45) is 0. The van der Waals surface area contributed by atoms with Crippen LogP contribution in [-0.2, 0) is 9.59 Å². The number of hydrogen-bond acceptors (Lipinski definition) is 3. The van der Waals surface area contributed by atoms with Crippen LogP contribution >= 0.6 is 27.7 Å². The minimum absolute atomic E-state index is 0.00748. The van der Waals surface area contributed by atoms with Gasteiger partial charge in [0.15, 0.2) is 0 Å². The summed E-state index contributed by atoms with van der Waals surface area (Å²) in [6, 6.07) is 7.69. The summed E-state index contributed by atoms with van der Waals surface area (Å²) in [4.78, 5) is 23.7. The summed E-state index contributed by atoms with van der Waals surface area (Å²) >= 11 is 4.77. The molecule has 1 unspecified atom stereocenters. The van der Waals surface area contributed by atoms with E-state index in [0.717, 1.165) is 9.37 Å². The summed E-state index contributed by atoms with van der Waals surface area (Å²) in [6.45, 7) is 3.84. The van der Waals surface area contributed by atoms with Crippen molar-refractivity contribution in [1.82, 2.24) is 5.32 Å². The lowest BCUT2D eigenvalue weighted by atomic mass is 9.96. The molecule has 0 heterocycles. The maximum absolute atomic E-state index is 11.7. The fourth-order valence-corrected chi connectivity index (χ4v) is 2.56. The Morgan fingerprint density at radius 2 is 1.90 bits per heavy atom. The van der Waals surface area contributed by atoms with E-state index < -0.39 is 11.9 Å². The van der Waals surface area contributed by atoms with E-state index in [1.54, 1.807) is 0 Å². The van der Waals surface area contributed by atoms with E-state index in [9.17, 15) is 9.59 Å². The summed E-state index contributed by atoms with van der Waals surface area (Å²) in [5.41, 5.74) is 0. The van der Waals surface area contributed by atoms with Crippen LogP contribution in [0.25, 0.3) is 0 Å². The van der Waals surface area contributed by atoms with Gasteiger partial charge in [0.25, 0.3) is 0 Å². The van der Waals surface area contributed by atoms with Crippen LogP contribution in [0.2, 0.25) is 0 Å². The molecule has 1 amide bonds. The smallest absolute Gasteiger partial charge is 0.308 e. The van der Waals surface area contributed by atoms with Gasteiger partial charge in [0, 0.05) is 15.9 Å². The lowest BCUT2D eigenvalue weighted by Gasteiger charge is -2.16. The Balaban J connectivity index is 2.36. The zero-order valence-electron chi connectivity index (χ0n) is 11.4. The highest BCUT2D eigenvalue weighted by Crippen LogP contribution is 2.20. The van der Waals surface area contributed by atoms with Gasteiger partial charge >= 0.3 is 5.97 Å². The molecule has 0 radical (unpaired) electrons. The third-order valence-corrected chi connectivity index (χ3v) is 4.37. The van der Waals surface area contributed by atoms with Crippen LogP contribution in [0.4, 0.5) is 0 Å². The number of carbonyl (C=O) groups is 2. The number of carboxylic acid groups (broad SMARTS) is 1. The third kappa shape index (κ3) is 5.96. The normalized spacial score (nSPS) is 12.2. The first-order valence-electron chi connectivity index (χ1n) is 6.28. The number of hydrogen-bond donors (Lipinski definition) is 2. The first-order chi connectivity index (χ1) is 9.40. The number of aliphatic carboxylic acids is 1. The van der Waals surface area contributed by atoms with Crippen LogP contribution in [0.15, 0.2) is 33.6 Å². The van der Waals surface area contributed by atoms with E-state index >= 15 is 0 Å². The molecule has 0 aliphatic carbocycles. The van der Waals surface area contributed by atoms with Crippen molar-refractivity contribution in [1.29, 1.82) is 0 Å². The topological polar surface area (TPSA) is 66.4 Å². The molecule has 0 spiro atoms. The Bertz CT molecular complexity index is 462. The molecule has 1 atom stereocenters. The lowest BCUT2D eigenvalue weighted by molar-refractivity contribution is -0.143. The number of rotatable bonds is 7. The van der Waals surface area contributed by atoms with Crippen LogP contribution in [0, 0.1) is 11.8 Å². The van der Waals surface area contributed by atoms with Crippen molar-refractivity contribution < 1.29 is 14.7 Å². The number of thioether (sulfide) groups is 1. The second kappa shape index (κ2) is 8.32. The molecule has 6 heteroatoms. The van der Waals surface area contributed by atoms with Gasteiger partial charge < -0.3 is 10.4 Å². The predicted molar refractivity (Wildman–Crippen MR) is 83.8 cm³/mol. The molecular weight excluding hydrogens is 342 g/mol. The molecule has 2 N–H and O–H groups in total. The van der Waals surface area contributed by atoms with Crippen LogP contribution in [-0.4, -0.2) is 29.3 Å². The highest BCUT2D eigenvalue weighted by Gasteiger charge is 2.21. The van der Waals surface area contributed by atoms with Gasteiger partial charge in [-0.25, -0.2) is 0 Å². The van der Waals surface area contributed by atoms with E-state index in [-0.39, 0.29) is 24.1 Å². The molecule has 0 aliphatic heterocycles. The van der Waals surface area contributed by atoms with Gasteiger partial charge in [-0.1, -0.05) is 29.8 Å². The fourth-order valence-electron chi connectivity index (χ4n) is 1.56. The number of nitrogens with one attached hydrogen (secondary N) is 1. The Morgan fingerprint density at radius 3 is 2.40 bits per heavy atom. The molecule has 4 nitrogen and oxygen atoms in total. The lowest BCUT2D eigenvalue weighted by Crippen LogP contribution is -2.36. The Labute approximate surface area is 131 Å². The molecule has 1 aromatic rings. The van der Waals surface area contributed by atoms with Crippen molar-refractivity contribution in [3.05, 3.63) is 28.7 Å². The monoisotopic (exact) mass is 359 g/mol. The van der Waals surface area contributed by atoms with E-state index in [0.29, 0.717) is 0 Å². The SMILES string of the molecule is CC(C)C(CNC(=O)CSc1ccc(Br)cc1)C(=O)O. The molecule has 1 rings (SSSR count). The first kappa shape index (κ1) is 17.0. The second-order valence-electron chi connectivity index (χ2n) is 4.74. The van der Waals surface area contributed by atoms with E-state index in [1.165, 1.54) is 11.8 Å². The van der Waals surface area contributed by atoms with Gasteiger partial charge in [-0.05, 0) is 30.2 Å². The molecule has 110 valence electrons. The molecule has 0 bridgehead atoms. The van der Waals surface area contributed by atoms with Gasteiger partial charge in [-0.3, -0.25) is 9.59 Å². The highest BCUT2D eigenvalue weighted by molar-refractivity contribution is 9.10. The van der Waals surface area contributed by atoms with Crippen LogP contribution in [0.1, 0.15) is 13.8 Å². The molecule has 1 aromatic carbocycles. The number of amides is 1. The summed E-state index contributed by atoms with van der Waals surface area (Å²) in [7, 11) is 0. The number of carbonyl (C=O) groups excluding carboxylic acids is 1. The van der Waals surface area contributed by atoms with Gasteiger partial charge in [0.2, 0.25) is 5.91 Å². The number of carboxylic acids is 1. The minimum Gasteiger partial charge on any atom is -0.481 e. The quantitative estimate of drug-likeness (QED) is 0.734. The van der Waals surface area contributed by atoms with E-state index in [1.807, 2.05) is 38.1 Å². The average molecular weight is 360 g/mol. The minimum atomic E-state index is -0.874. The molecule has 0 aliphatic rings. The molecule has 0 fully saturated rings. The predicted octanol–water partition coefficient (Wildman–Crippen LogP) is 3.01. The number of halogens is 1. The largest absolute Gasteiger partial charge is 0.481 e. The zero-order valence-corrected chi connectivity index (χ0v) is 13.8. The van der Waals surface area contributed by atoms with Crippen molar-refractivity contribution in [2.75, 3.05) is 12.3 Å². The second-order valence-corrected chi connectivity index (χ2v) is 6.70. The van der Waals surface area contributed by atoms with Gasteiger partial charge in [0.1, 0.15) is 0 Å². The summed E-state index contributed by atoms with van der Waals surface area (Å²) < 4.78 is 0.993. The van der Waals surface area contributed by atoms with Gasteiger partial charge in [-0.15, -0.1) is 11.8 Å². The summed E-state index contributed by atoms with van der Waals surface area (Å²) in [5.74, 6) is -1.29. The average Bonchev–Trinajstić information content (AvgIpc) is 2.37. The van der Waals surface area contributed by atoms with Crippen molar-refractivity contribution in [2.45, 2.75) is 18.7 Å².